The lowest BCUT2D eigenvalue weighted by atomic mass is 10.2. The maximum Gasteiger partial charge on any atom is 0.259 e. The van der Waals surface area contributed by atoms with Crippen LogP contribution in [0.15, 0.2) is 29.4 Å². The molecule has 0 fully saturated rings. The fraction of sp³-hybridized carbons (Fsp3) is 0.308. The van der Waals surface area contributed by atoms with E-state index in [1.165, 1.54) is 6.20 Å². The van der Waals surface area contributed by atoms with Gasteiger partial charge in [-0.1, -0.05) is 12.1 Å². The molecule has 0 aliphatic carbocycles. The minimum atomic E-state index is -3.66. The zero-order valence-electron chi connectivity index (χ0n) is 11.7. The van der Waals surface area contributed by atoms with Crippen LogP contribution in [0.25, 0.3) is 0 Å². The molecule has 0 saturated heterocycles. The fourth-order valence-electron chi connectivity index (χ4n) is 2.03. The van der Waals surface area contributed by atoms with Crippen molar-refractivity contribution >= 4 is 10.0 Å². The highest BCUT2D eigenvalue weighted by Gasteiger charge is 2.21. The summed E-state index contributed by atoms with van der Waals surface area (Å²) in [5.74, 6) is 1.84. The van der Waals surface area contributed by atoms with Gasteiger partial charge in [0.1, 0.15) is 5.82 Å². The summed E-state index contributed by atoms with van der Waals surface area (Å²) < 4.78 is 39.2. The Morgan fingerprint density at radius 3 is 2.90 bits per heavy atom. The van der Waals surface area contributed by atoms with Gasteiger partial charge in [-0.2, -0.15) is 0 Å². The van der Waals surface area contributed by atoms with Gasteiger partial charge in [0.25, 0.3) is 10.0 Å². The summed E-state index contributed by atoms with van der Waals surface area (Å²) >= 11 is 0. The van der Waals surface area contributed by atoms with Gasteiger partial charge in [0.05, 0.1) is 0 Å². The first-order chi connectivity index (χ1) is 9.97. The van der Waals surface area contributed by atoms with Gasteiger partial charge in [0.2, 0.25) is 6.79 Å². The Labute approximate surface area is 122 Å². The van der Waals surface area contributed by atoms with Gasteiger partial charge in [-0.25, -0.2) is 18.1 Å². The van der Waals surface area contributed by atoms with Crippen molar-refractivity contribution in [2.45, 2.75) is 18.5 Å². The first kappa shape index (κ1) is 13.9. The van der Waals surface area contributed by atoms with Crippen LogP contribution in [-0.2, 0) is 23.6 Å². The molecule has 0 bridgehead atoms. The number of imidazole rings is 1. The monoisotopic (exact) mass is 309 g/mol. The maximum absolute atomic E-state index is 12.2. The van der Waals surface area contributed by atoms with Gasteiger partial charge < -0.3 is 14.0 Å². The maximum atomic E-state index is 12.2. The van der Waals surface area contributed by atoms with E-state index in [1.807, 2.05) is 0 Å². The molecule has 0 radical (unpaired) electrons. The van der Waals surface area contributed by atoms with E-state index in [-0.39, 0.29) is 18.4 Å². The number of nitrogens with one attached hydrogen (secondary N) is 1. The van der Waals surface area contributed by atoms with Gasteiger partial charge in [-0.3, -0.25) is 0 Å². The number of benzene rings is 1. The molecular weight excluding hydrogens is 294 g/mol. The van der Waals surface area contributed by atoms with Gasteiger partial charge in [0.15, 0.2) is 16.5 Å². The van der Waals surface area contributed by atoms with Crippen LogP contribution in [0.4, 0.5) is 0 Å². The van der Waals surface area contributed by atoms with Crippen molar-refractivity contribution in [3.63, 3.8) is 0 Å². The molecule has 7 nitrogen and oxygen atoms in total. The Hall–Kier alpha value is -2.06. The van der Waals surface area contributed by atoms with E-state index < -0.39 is 10.0 Å². The Morgan fingerprint density at radius 2 is 2.19 bits per heavy atom. The van der Waals surface area contributed by atoms with Crippen LogP contribution >= 0.6 is 0 Å². The summed E-state index contributed by atoms with van der Waals surface area (Å²) in [5, 5.41) is 0.00671. The zero-order chi connectivity index (χ0) is 15.0. The van der Waals surface area contributed by atoms with Crippen molar-refractivity contribution in [3.8, 4) is 11.5 Å². The van der Waals surface area contributed by atoms with Crippen molar-refractivity contribution < 1.29 is 17.9 Å². The molecule has 0 amide bonds. The van der Waals surface area contributed by atoms with Gasteiger partial charge in [-0.05, 0) is 13.0 Å². The molecule has 1 aliphatic heterocycles. The summed E-state index contributed by atoms with van der Waals surface area (Å²) in [6.45, 7) is 2.01. The van der Waals surface area contributed by atoms with Crippen LogP contribution in [0.3, 0.4) is 0 Å². The summed E-state index contributed by atoms with van der Waals surface area (Å²) in [4.78, 5) is 4.02. The number of rotatable bonds is 4. The molecule has 1 aliphatic rings. The second kappa shape index (κ2) is 5.05. The third-order valence-electron chi connectivity index (χ3n) is 3.29. The molecule has 2 aromatic rings. The Bertz CT molecular complexity index is 763. The molecule has 1 aromatic heterocycles. The van der Waals surface area contributed by atoms with E-state index in [9.17, 15) is 8.42 Å². The van der Waals surface area contributed by atoms with E-state index in [1.54, 1.807) is 36.7 Å². The highest BCUT2D eigenvalue weighted by atomic mass is 32.2. The van der Waals surface area contributed by atoms with Crippen molar-refractivity contribution in [3.05, 3.63) is 35.8 Å². The lowest BCUT2D eigenvalue weighted by Gasteiger charge is -2.07. The number of sulfonamides is 1. The molecular formula is C13H15N3O4S. The third kappa shape index (κ3) is 2.59. The smallest absolute Gasteiger partial charge is 0.259 e. The molecule has 21 heavy (non-hydrogen) atoms. The standard InChI is InChI=1S/C13H15N3O4S/c1-9-15-12(7-16(9)2)21(17,18)14-6-10-4-3-5-11-13(10)20-8-19-11/h3-5,7,14H,6,8H2,1-2H3. The van der Waals surface area contributed by atoms with Crippen LogP contribution in [0.2, 0.25) is 0 Å². The topological polar surface area (TPSA) is 82.5 Å². The van der Waals surface area contributed by atoms with E-state index in [0.717, 1.165) is 5.56 Å². The fourth-order valence-corrected chi connectivity index (χ4v) is 3.07. The molecule has 0 unspecified atom stereocenters. The molecule has 2 heterocycles. The van der Waals surface area contributed by atoms with Crippen LogP contribution in [0.5, 0.6) is 11.5 Å². The van der Waals surface area contributed by atoms with E-state index in [0.29, 0.717) is 17.3 Å². The Kier molecular flexibility index (Phi) is 3.34. The van der Waals surface area contributed by atoms with Crippen LogP contribution < -0.4 is 14.2 Å². The van der Waals surface area contributed by atoms with Gasteiger partial charge in [0, 0.05) is 25.4 Å². The van der Waals surface area contributed by atoms with E-state index >= 15 is 0 Å². The number of aromatic nitrogens is 2. The number of nitrogens with zero attached hydrogens (tertiary/aromatic N) is 2. The lowest BCUT2D eigenvalue weighted by Crippen LogP contribution is -2.23. The first-order valence-electron chi connectivity index (χ1n) is 6.34. The van der Waals surface area contributed by atoms with Crippen molar-refractivity contribution in [2.24, 2.45) is 7.05 Å². The summed E-state index contributed by atoms with van der Waals surface area (Å²) in [7, 11) is -1.91. The molecule has 0 saturated carbocycles. The Balaban J connectivity index is 1.80. The molecule has 0 spiro atoms. The zero-order valence-corrected chi connectivity index (χ0v) is 12.5. The Morgan fingerprint density at radius 1 is 1.38 bits per heavy atom. The van der Waals surface area contributed by atoms with Gasteiger partial charge >= 0.3 is 0 Å². The summed E-state index contributed by atoms with van der Waals surface area (Å²) in [6, 6.07) is 5.37. The number of hydrogen-bond donors (Lipinski definition) is 1. The third-order valence-corrected chi connectivity index (χ3v) is 4.56. The summed E-state index contributed by atoms with van der Waals surface area (Å²) in [5.41, 5.74) is 0.723. The number of aryl methyl sites for hydroxylation is 2. The van der Waals surface area contributed by atoms with Crippen molar-refractivity contribution in [1.29, 1.82) is 0 Å². The van der Waals surface area contributed by atoms with Crippen LogP contribution in [0, 0.1) is 6.92 Å². The molecule has 112 valence electrons. The quantitative estimate of drug-likeness (QED) is 0.908. The predicted octanol–water partition coefficient (Wildman–Crippen LogP) is 0.936. The number of fused-ring (bicyclic) bond motifs is 1. The van der Waals surface area contributed by atoms with E-state index in [4.69, 9.17) is 9.47 Å². The number of hydrogen-bond acceptors (Lipinski definition) is 5. The first-order valence-corrected chi connectivity index (χ1v) is 7.83. The average Bonchev–Trinajstić information content (AvgIpc) is 3.04. The molecule has 1 aromatic carbocycles. The van der Waals surface area contributed by atoms with Crippen molar-refractivity contribution in [1.82, 2.24) is 14.3 Å². The molecule has 3 rings (SSSR count). The highest BCUT2D eigenvalue weighted by molar-refractivity contribution is 7.89. The summed E-state index contributed by atoms with van der Waals surface area (Å²) in [6.07, 6.45) is 1.48. The van der Waals surface area contributed by atoms with Crippen molar-refractivity contribution in [2.75, 3.05) is 6.79 Å². The second-order valence-corrected chi connectivity index (χ2v) is 6.43. The normalized spacial score (nSPS) is 13.6. The minimum Gasteiger partial charge on any atom is -0.454 e. The van der Waals surface area contributed by atoms with E-state index in [2.05, 4.69) is 9.71 Å². The average molecular weight is 309 g/mol. The minimum absolute atomic E-state index is 0.00671. The highest BCUT2D eigenvalue weighted by Crippen LogP contribution is 2.35. The predicted molar refractivity (Wildman–Crippen MR) is 74.5 cm³/mol. The van der Waals surface area contributed by atoms with Crippen LogP contribution in [-0.4, -0.2) is 24.8 Å². The molecule has 8 heteroatoms. The van der Waals surface area contributed by atoms with Crippen LogP contribution in [0.1, 0.15) is 11.4 Å². The molecule has 1 N–H and O–H groups in total. The van der Waals surface area contributed by atoms with Gasteiger partial charge in [-0.15, -0.1) is 0 Å². The largest absolute Gasteiger partial charge is 0.454 e. The SMILES string of the molecule is Cc1nc(S(=O)(=O)NCc2cccc3c2OCO3)cn1C. The number of para-hydroxylation sites is 1. The lowest BCUT2D eigenvalue weighted by molar-refractivity contribution is 0.173. The second-order valence-electron chi connectivity index (χ2n) is 4.71. The molecule has 0 atom stereocenters. The number of ether oxygens (including phenoxy) is 2.